The third-order valence-corrected chi connectivity index (χ3v) is 4.56. The van der Waals surface area contributed by atoms with Gasteiger partial charge in [-0.05, 0) is 30.9 Å². The zero-order chi connectivity index (χ0) is 17.2. The number of hydrogen-bond donors (Lipinski definition) is 1. The van der Waals surface area contributed by atoms with E-state index >= 15 is 0 Å². The third-order valence-electron chi connectivity index (χ3n) is 4.56. The van der Waals surface area contributed by atoms with Crippen LogP contribution in [-0.2, 0) is 11.3 Å². The van der Waals surface area contributed by atoms with E-state index in [0.717, 1.165) is 18.5 Å². The van der Waals surface area contributed by atoms with Crippen molar-refractivity contribution >= 4 is 17.1 Å². The summed E-state index contributed by atoms with van der Waals surface area (Å²) in [6.45, 7) is 0.611. The summed E-state index contributed by atoms with van der Waals surface area (Å²) in [7, 11) is 0. The van der Waals surface area contributed by atoms with Crippen LogP contribution in [0.1, 0.15) is 19.3 Å². The quantitative estimate of drug-likeness (QED) is 0.746. The molecule has 0 spiro atoms. The zero-order valence-corrected chi connectivity index (χ0v) is 13.6. The highest BCUT2D eigenvalue weighted by Gasteiger charge is 2.19. The van der Waals surface area contributed by atoms with Crippen molar-refractivity contribution in [3.8, 4) is 5.69 Å². The van der Waals surface area contributed by atoms with Crippen molar-refractivity contribution in [1.82, 2.24) is 29.9 Å². The first kappa shape index (κ1) is 15.5. The van der Waals surface area contributed by atoms with Gasteiger partial charge in [-0.3, -0.25) is 14.2 Å². The van der Waals surface area contributed by atoms with Gasteiger partial charge in [0.25, 0.3) is 5.56 Å². The van der Waals surface area contributed by atoms with Crippen molar-refractivity contribution in [3.63, 3.8) is 0 Å². The van der Waals surface area contributed by atoms with Crippen LogP contribution in [0, 0.1) is 5.92 Å². The highest BCUT2D eigenvalue weighted by molar-refractivity contribution is 5.76. The molecule has 25 heavy (non-hydrogen) atoms. The number of hydrogen-bond acceptors (Lipinski definition) is 5. The lowest BCUT2D eigenvalue weighted by Crippen LogP contribution is -2.36. The molecule has 3 aromatic rings. The summed E-state index contributed by atoms with van der Waals surface area (Å²) in [4.78, 5) is 28.8. The molecule has 0 radical (unpaired) electrons. The molecule has 1 fully saturated rings. The maximum Gasteiger partial charge on any atom is 0.284 e. The second-order valence-corrected chi connectivity index (χ2v) is 6.29. The summed E-state index contributed by atoms with van der Waals surface area (Å²) >= 11 is 0. The first-order chi connectivity index (χ1) is 12.2. The standard InChI is InChI=1S/C17H18N6O2/c24-14(18-9-12-5-4-6-12)10-22-11-19-16-15(17(22)25)20-21-23(16)13-7-2-1-3-8-13/h1-3,7-8,11-12H,4-6,9-10H2,(H,18,24). The number of benzene rings is 1. The molecule has 2 aromatic heterocycles. The molecule has 2 heterocycles. The van der Waals surface area contributed by atoms with Crippen LogP contribution in [0.25, 0.3) is 16.9 Å². The fraction of sp³-hybridized carbons (Fsp3) is 0.353. The van der Waals surface area contributed by atoms with Crippen molar-refractivity contribution < 1.29 is 4.79 Å². The topological polar surface area (TPSA) is 94.7 Å². The number of carbonyl (C=O) groups excluding carboxylic acids is 1. The van der Waals surface area contributed by atoms with Gasteiger partial charge in [0.05, 0.1) is 5.69 Å². The van der Waals surface area contributed by atoms with Gasteiger partial charge in [-0.15, -0.1) is 5.10 Å². The van der Waals surface area contributed by atoms with Crippen LogP contribution >= 0.6 is 0 Å². The zero-order valence-electron chi connectivity index (χ0n) is 13.6. The van der Waals surface area contributed by atoms with Gasteiger partial charge in [0, 0.05) is 6.54 Å². The van der Waals surface area contributed by atoms with Crippen molar-refractivity contribution in [2.45, 2.75) is 25.8 Å². The highest BCUT2D eigenvalue weighted by atomic mass is 16.2. The Bertz CT molecular complexity index is 958. The summed E-state index contributed by atoms with van der Waals surface area (Å²) in [6.07, 6.45) is 4.93. The SMILES string of the molecule is O=C(Cn1cnc2c(nnn2-c2ccccc2)c1=O)NCC1CCC1. The molecular weight excluding hydrogens is 320 g/mol. The molecule has 1 N–H and O–H groups in total. The molecule has 128 valence electrons. The van der Waals surface area contributed by atoms with Crippen LogP contribution < -0.4 is 10.9 Å². The first-order valence-electron chi connectivity index (χ1n) is 8.35. The van der Waals surface area contributed by atoms with E-state index in [9.17, 15) is 9.59 Å². The van der Waals surface area contributed by atoms with Gasteiger partial charge >= 0.3 is 0 Å². The van der Waals surface area contributed by atoms with Gasteiger partial charge in [0.2, 0.25) is 5.91 Å². The molecule has 0 bridgehead atoms. The average Bonchev–Trinajstić information content (AvgIpc) is 3.01. The second kappa shape index (κ2) is 6.46. The maximum absolute atomic E-state index is 12.5. The molecule has 1 amide bonds. The van der Waals surface area contributed by atoms with E-state index in [2.05, 4.69) is 20.6 Å². The van der Waals surface area contributed by atoms with E-state index in [-0.39, 0.29) is 23.5 Å². The normalized spacial score (nSPS) is 14.4. The largest absolute Gasteiger partial charge is 0.354 e. The minimum absolute atomic E-state index is 0.0628. The number of amides is 1. The van der Waals surface area contributed by atoms with Crippen LogP contribution in [0.5, 0.6) is 0 Å². The Morgan fingerprint density at radius 2 is 2.04 bits per heavy atom. The van der Waals surface area contributed by atoms with E-state index in [4.69, 9.17) is 0 Å². The van der Waals surface area contributed by atoms with Gasteiger partial charge in [-0.2, -0.15) is 4.68 Å². The van der Waals surface area contributed by atoms with Crippen molar-refractivity contribution in [3.05, 3.63) is 47.0 Å². The highest BCUT2D eigenvalue weighted by Crippen LogP contribution is 2.25. The molecule has 0 atom stereocenters. The van der Waals surface area contributed by atoms with Gasteiger partial charge in [-0.25, -0.2) is 4.98 Å². The average molecular weight is 338 g/mol. The Kier molecular flexibility index (Phi) is 4.01. The second-order valence-electron chi connectivity index (χ2n) is 6.29. The lowest BCUT2D eigenvalue weighted by molar-refractivity contribution is -0.122. The van der Waals surface area contributed by atoms with Crippen molar-refractivity contribution in [2.75, 3.05) is 6.54 Å². The first-order valence-corrected chi connectivity index (χ1v) is 8.35. The fourth-order valence-electron chi connectivity index (χ4n) is 2.87. The van der Waals surface area contributed by atoms with Crippen LogP contribution in [0.2, 0.25) is 0 Å². The number of fused-ring (bicyclic) bond motifs is 1. The molecule has 8 heteroatoms. The van der Waals surface area contributed by atoms with Crippen LogP contribution in [0.15, 0.2) is 41.5 Å². The summed E-state index contributed by atoms with van der Waals surface area (Å²) in [5, 5.41) is 10.8. The predicted octanol–water partition coefficient (Wildman–Crippen LogP) is 0.893. The van der Waals surface area contributed by atoms with E-state index in [1.165, 1.54) is 22.0 Å². The Balaban J connectivity index is 1.56. The Morgan fingerprint density at radius 3 is 2.76 bits per heavy atom. The lowest BCUT2D eigenvalue weighted by atomic mass is 9.85. The molecule has 1 aliphatic rings. The number of nitrogens with zero attached hydrogens (tertiary/aromatic N) is 5. The van der Waals surface area contributed by atoms with Gasteiger partial charge < -0.3 is 5.32 Å². The molecule has 8 nitrogen and oxygen atoms in total. The minimum atomic E-state index is -0.369. The van der Waals surface area contributed by atoms with E-state index in [1.807, 2.05) is 30.3 Å². The minimum Gasteiger partial charge on any atom is -0.354 e. The number of nitrogens with one attached hydrogen (secondary N) is 1. The van der Waals surface area contributed by atoms with Crippen molar-refractivity contribution in [2.24, 2.45) is 5.92 Å². The predicted molar refractivity (Wildman–Crippen MR) is 91.3 cm³/mol. The van der Waals surface area contributed by atoms with Crippen LogP contribution in [-0.4, -0.2) is 37.0 Å². The van der Waals surface area contributed by atoms with E-state index in [0.29, 0.717) is 18.1 Å². The van der Waals surface area contributed by atoms with Crippen LogP contribution in [0.4, 0.5) is 0 Å². The van der Waals surface area contributed by atoms with Crippen LogP contribution in [0.3, 0.4) is 0 Å². The Morgan fingerprint density at radius 1 is 1.24 bits per heavy atom. The van der Waals surface area contributed by atoms with Crippen molar-refractivity contribution in [1.29, 1.82) is 0 Å². The summed E-state index contributed by atoms with van der Waals surface area (Å²) in [6, 6.07) is 9.35. The Labute approximate surface area is 143 Å². The monoisotopic (exact) mass is 338 g/mol. The number of rotatable bonds is 5. The summed E-state index contributed by atoms with van der Waals surface area (Å²) < 4.78 is 2.78. The number of aromatic nitrogens is 5. The number of para-hydroxylation sites is 1. The molecule has 1 aromatic carbocycles. The molecule has 4 rings (SSSR count). The maximum atomic E-state index is 12.5. The van der Waals surface area contributed by atoms with Gasteiger partial charge in [0.15, 0.2) is 11.2 Å². The summed E-state index contributed by atoms with van der Waals surface area (Å²) in [5.74, 6) is 0.387. The lowest BCUT2D eigenvalue weighted by Gasteiger charge is -2.25. The van der Waals surface area contributed by atoms with Gasteiger partial charge in [0.1, 0.15) is 12.9 Å². The molecule has 0 saturated heterocycles. The molecular formula is C17H18N6O2. The number of carbonyl (C=O) groups is 1. The molecule has 1 aliphatic carbocycles. The smallest absolute Gasteiger partial charge is 0.284 e. The Hall–Kier alpha value is -3.03. The molecule has 1 saturated carbocycles. The van der Waals surface area contributed by atoms with E-state index < -0.39 is 0 Å². The summed E-state index contributed by atoms with van der Waals surface area (Å²) in [5.41, 5.74) is 0.930. The third kappa shape index (κ3) is 3.02. The van der Waals surface area contributed by atoms with E-state index in [1.54, 1.807) is 0 Å². The molecule has 0 aliphatic heterocycles. The molecule has 0 unspecified atom stereocenters. The fourth-order valence-corrected chi connectivity index (χ4v) is 2.87. The van der Waals surface area contributed by atoms with Gasteiger partial charge in [-0.1, -0.05) is 29.8 Å².